The minimum absolute atomic E-state index is 0.00452. The molecule has 0 aliphatic carbocycles. The van der Waals surface area contributed by atoms with Gasteiger partial charge in [0.05, 0.1) is 15.3 Å². The largest absolute Gasteiger partial charge is 0.345 e. The lowest BCUT2D eigenvalue weighted by atomic mass is 10.2. The molecule has 0 atom stereocenters. The fourth-order valence-electron chi connectivity index (χ4n) is 3.34. The van der Waals surface area contributed by atoms with E-state index in [1.807, 2.05) is 4.90 Å². The lowest BCUT2D eigenvalue weighted by Gasteiger charge is -2.34. The molecule has 0 radical (unpaired) electrons. The van der Waals surface area contributed by atoms with Crippen LogP contribution < -0.4 is 4.90 Å². The van der Waals surface area contributed by atoms with E-state index < -0.39 is 21.5 Å². The number of piperazine rings is 1. The van der Waals surface area contributed by atoms with Crippen LogP contribution in [0.15, 0.2) is 41.3 Å². The predicted octanol–water partition coefficient (Wildman–Crippen LogP) is 3.33. The standard InChI is InChI=1S/C20H19F2N3O3S2/c1-2-30(27,28)15-5-3-13(4-6-15)19(26)24-7-9-25(10-8-24)20-23-18-16(22)11-14(21)12-17(18)29-20/h3-6,11-12H,2,7-10H2,1H3. The van der Waals surface area contributed by atoms with Gasteiger partial charge in [-0.3, -0.25) is 4.79 Å². The molecule has 2 aromatic carbocycles. The van der Waals surface area contributed by atoms with E-state index in [0.29, 0.717) is 41.6 Å². The van der Waals surface area contributed by atoms with Crippen LogP contribution in [0, 0.1) is 11.6 Å². The van der Waals surface area contributed by atoms with Gasteiger partial charge in [-0.25, -0.2) is 22.2 Å². The molecule has 0 unspecified atom stereocenters. The van der Waals surface area contributed by atoms with E-state index in [0.717, 1.165) is 6.07 Å². The highest BCUT2D eigenvalue weighted by molar-refractivity contribution is 7.91. The normalized spacial score (nSPS) is 15.0. The van der Waals surface area contributed by atoms with E-state index in [2.05, 4.69) is 4.98 Å². The highest BCUT2D eigenvalue weighted by Gasteiger charge is 2.25. The topological polar surface area (TPSA) is 70.6 Å². The summed E-state index contributed by atoms with van der Waals surface area (Å²) in [6.07, 6.45) is 0. The van der Waals surface area contributed by atoms with E-state index in [4.69, 9.17) is 0 Å². The number of benzene rings is 2. The molecule has 1 aromatic heterocycles. The molecule has 30 heavy (non-hydrogen) atoms. The number of thiazole rings is 1. The van der Waals surface area contributed by atoms with Crippen molar-refractivity contribution in [1.29, 1.82) is 0 Å². The molecule has 0 bridgehead atoms. The number of nitrogens with zero attached hydrogens (tertiary/aromatic N) is 3. The van der Waals surface area contributed by atoms with Gasteiger partial charge in [-0.15, -0.1) is 0 Å². The number of aromatic nitrogens is 1. The monoisotopic (exact) mass is 451 g/mol. The fraction of sp³-hybridized carbons (Fsp3) is 0.300. The van der Waals surface area contributed by atoms with Gasteiger partial charge in [-0.05, 0) is 30.3 Å². The minimum Gasteiger partial charge on any atom is -0.345 e. The van der Waals surface area contributed by atoms with Gasteiger partial charge >= 0.3 is 0 Å². The first kappa shape index (κ1) is 20.7. The van der Waals surface area contributed by atoms with Crippen molar-refractivity contribution in [2.24, 2.45) is 0 Å². The Morgan fingerprint density at radius 3 is 2.40 bits per heavy atom. The quantitative estimate of drug-likeness (QED) is 0.609. The van der Waals surface area contributed by atoms with Crippen molar-refractivity contribution in [1.82, 2.24) is 9.88 Å². The van der Waals surface area contributed by atoms with Gasteiger partial charge in [0.1, 0.15) is 11.3 Å². The lowest BCUT2D eigenvalue weighted by molar-refractivity contribution is 0.0746. The van der Waals surface area contributed by atoms with Gasteiger partial charge in [0, 0.05) is 37.8 Å². The van der Waals surface area contributed by atoms with E-state index in [1.54, 1.807) is 11.8 Å². The number of sulfone groups is 1. The van der Waals surface area contributed by atoms with Crippen molar-refractivity contribution in [3.8, 4) is 0 Å². The molecule has 1 fully saturated rings. The molecule has 0 spiro atoms. The predicted molar refractivity (Wildman–Crippen MR) is 112 cm³/mol. The number of fused-ring (bicyclic) bond motifs is 1. The second-order valence-corrected chi connectivity index (χ2v) is 10.2. The maximum absolute atomic E-state index is 13.9. The molecule has 158 valence electrons. The molecular formula is C20H19F2N3O3S2. The molecule has 1 aliphatic heterocycles. The van der Waals surface area contributed by atoms with Crippen LogP contribution in [-0.2, 0) is 9.84 Å². The zero-order valence-electron chi connectivity index (χ0n) is 16.1. The summed E-state index contributed by atoms with van der Waals surface area (Å²) in [5.41, 5.74) is 0.577. The van der Waals surface area contributed by atoms with Gasteiger partial charge in [-0.1, -0.05) is 18.3 Å². The van der Waals surface area contributed by atoms with Crippen LogP contribution in [0.4, 0.5) is 13.9 Å². The Labute approximate surface area is 176 Å². The molecule has 0 saturated carbocycles. The van der Waals surface area contributed by atoms with Gasteiger partial charge < -0.3 is 9.80 Å². The Hall–Kier alpha value is -2.59. The number of hydrogen-bond acceptors (Lipinski definition) is 6. The Morgan fingerprint density at radius 1 is 1.10 bits per heavy atom. The van der Waals surface area contributed by atoms with Crippen molar-refractivity contribution >= 4 is 42.4 Å². The zero-order chi connectivity index (χ0) is 21.5. The average molecular weight is 452 g/mol. The molecule has 4 rings (SSSR count). The molecular weight excluding hydrogens is 432 g/mol. The van der Waals surface area contributed by atoms with E-state index in [9.17, 15) is 22.0 Å². The van der Waals surface area contributed by atoms with Gasteiger partial charge in [0.25, 0.3) is 5.91 Å². The molecule has 1 aliphatic rings. The molecule has 1 saturated heterocycles. The highest BCUT2D eigenvalue weighted by Crippen LogP contribution is 2.31. The van der Waals surface area contributed by atoms with Crippen LogP contribution in [0.3, 0.4) is 0 Å². The van der Waals surface area contributed by atoms with Crippen molar-refractivity contribution < 1.29 is 22.0 Å². The van der Waals surface area contributed by atoms with E-state index in [1.165, 1.54) is 41.7 Å². The second-order valence-electron chi connectivity index (χ2n) is 6.94. The highest BCUT2D eigenvalue weighted by atomic mass is 32.2. The first-order chi connectivity index (χ1) is 14.3. The van der Waals surface area contributed by atoms with Gasteiger partial charge in [0.2, 0.25) is 0 Å². The number of rotatable bonds is 4. The molecule has 6 nitrogen and oxygen atoms in total. The average Bonchev–Trinajstić information content (AvgIpc) is 3.18. The first-order valence-electron chi connectivity index (χ1n) is 9.41. The third-order valence-corrected chi connectivity index (χ3v) is 7.89. The summed E-state index contributed by atoms with van der Waals surface area (Å²) in [6, 6.07) is 8.06. The Morgan fingerprint density at radius 2 is 1.77 bits per heavy atom. The fourth-order valence-corrected chi connectivity index (χ4v) is 5.28. The number of amides is 1. The van der Waals surface area contributed by atoms with Crippen molar-refractivity contribution in [3.63, 3.8) is 0 Å². The summed E-state index contributed by atoms with van der Waals surface area (Å²) in [6.45, 7) is 3.49. The smallest absolute Gasteiger partial charge is 0.253 e. The molecule has 1 amide bonds. The van der Waals surface area contributed by atoms with E-state index >= 15 is 0 Å². The Bertz CT molecular complexity index is 1200. The first-order valence-corrected chi connectivity index (χ1v) is 11.9. The van der Waals surface area contributed by atoms with Crippen molar-refractivity contribution in [2.75, 3.05) is 36.8 Å². The lowest BCUT2D eigenvalue weighted by Crippen LogP contribution is -2.48. The van der Waals surface area contributed by atoms with Crippen molar-refractivity contribution in [3.05, 3.63) is 53.6 Å². The summed E-state index contributed by atoms with van der Waals surface area (Å²) < 4.78 is 51.6. The summed E-state index contributed by atoms with van der Waals surface area (Å²) in [7, 11) is -3.31. The van der Waals surface area contributed by atoms with Crippen LogP contribution in [0.1, 0.15) is 17.3 Å². The molecule has 2 heterocycles. The Balaban J connectivity index is 1.44. The number of halogens is 2. The molecule has 0 N–H and O–H groups in total. The Kier molecular flexibility index (Phi) is 5.46. The zero-order valence-corrected chi connectivity index (χ0v) is 17.8. The summed E-state index contributed by atoms with van der Waals surface area (Å²) in [4.78, 5) is 20.9. The van der Waals surface area contributed by atoms with Gasteiger partial charge in [0.15, 0.2) is 20.8 Å². The third kappa shape index (κ3) is 3.89. The van der Waals surface area contributed by atoms with Crippen LogP contribution in [0.2, 0.25) is 0 Å². The number of anilines is 1. The van der Waals surface area contributed by atoms with Gasteiger partial charge in [-0.2, -0.15) is 0 Å². The molecule has 10 heteroatoms. The van der Waals surface area contributed by atoms with Crippen LogP contribution in [0.5, 0.6) is 0 Å². The number of carbonyl (C=O) groups is 1. The summed E-state index contributed by atoms with van der Waals surface area (Å²) >= 11 is 1.22. The summed E-state index contributed by atoms with van der Waals surface area (Å²) in [5.74, 6) is -1.49. The maximum atomic E-state index is 13.9. The number of hydrogen-bond donors (Lipinski definition) is 0. The van der Waals surface area contributed by atoms with Crippen LogP contribution in [-0.4, -0.2) is 56.1 Å². The second kappa shape index (κ2) is 7.92. The van der Waals surface area contributed by atoms with Crippen molar-refractivity contribution in [2.45, 2.75) is 11.8 Å². The third-order valence-electron chi connectivity index (χ3n) is 5.08. The molecule has 3 aromatic rings. The number of carbonyl (C=O) groups excluding carboxylic acids is 1. The summed E-state index contributed by atoms with van der Waals surface area (Å²) in [5, 5.41) is 0.593. The minimum atomic E-state index is -3.31. The SMILES string of the molecule is CCS(=O)(=O)c1ccc(C(=O)N2CCN(c3nc4c(F)cc(F)cc4s3)CC2)cc1. The van der Waals surface area contributed by atoms with Crippen LogP contribution in [0.25, 0.3) is 10.2 Å². The van der Waals surface area contributed by atoms with E-state index in [-0.39, 0.29) is 22.1 Å². The van der Waals surface area contributed by atoms with Crippen LogP contribution >= 0.6 is 11.3 Å². The maximum Gasteiger partial charge on any atom is 0.253 e.